The highest BCUT2D eigenvalue weighted by molar-refractivity contribution is 7.92. The van der Waals surface area contributed by atoms with E-state index in [1.165, 1.54) is 13.0 Å². The van der Waals surface area contributed by atoms with Crippen LogP contribution in [0.15, 0.2) is 32.7 Å². The van der Waals surface area contributed by atoms with Crippen molar-refractivity contribution in [3.63, 3.8) is 0 Å². The highest BCUT2D eigenvalue weighted by atomic mass is 35.5. The standard InChI is InChI=1S/C13H12ClN3O5S/c1-7-11(12(18)16-13(19)15-7)23(20,21)17-4-5-22-10-3-2-8(14)6-9(10)17/h2-3,6H,4-5H2,1H3,(H2,15,16,18,19). The second-order valence-corrected chi connectivity index (χ2v) is 7.14. The van der Waals surface area contributed by atoms with Gasteiger partial charge in [0.05, 0.1) is 12.2 Å². The van der Waals surface area contributed by atoms with Crippen LogP contribution >= 0.6 is 11.6 Å². The molecule has 1 aromatic carbocycles. The summed E-state index contributed by atoms with van der Waals surface area (Å²) in [6.07, 6.45) is 0. The van der Waals surface area contributed by atoms with Crippen molar-refractivity contribution in [2.75, 3.05) is 17.5 Å². The van der Waals surface area contributed by atoms with Crippen LogP contribution in [-0.2, 0) is 10.0 Å². The summed E-state index contributed by atoms with van der Waals surface area (Å²) < 4.78 is 32.3. The van der Waals surface area contributed by atoms with Crippen LogP contribution in [0.3, 0.4) is 0 Å². The number of H-pyrrole nitrogens is 2. The fourth-order valence-corrected chi connectivity index (χ4v) is 4.25. The van der Waals surface area contributed by atoms with Crippen molar-refractivity contribution in [1.82, 2.24) is 9.97 Å². The number of aryl methyl sites for hydroxylation is 1. The van der Waals surface area contributed by atoms with Gasteiger partial charge in [0.15, 0.2) is 4.90 Å². The van der Waals surface area contributed by atoms with Crippen LogP contribution < -0.4 is 20.3 Å². The third-order valence-corrected chi connectivity index (χ3v) is 5.57. The van der Waals surface area contributed by atoms with Crippen molar-refractivity contribution in [2.24, 2.45) is 0 Å². The lowest BCUT2D eigenvalue weighted by molar-refractivity contribution is 0.316. The lowest BCUT2D eigenvalue weighted by Crippen LogP contribution is -2.42. The van der Waals surface area contributed by atoms with Crippen LogP contribution in [0, 0.1) is 6.92 Å². The molecule has 0 saturated heterocycles. The first-order valence-electron chi connectivity index (χ1n) is 6.59. The van der Waals surface area contributed by atoms with E-state index < -0.39 is 26.2 Å². The summed E-state index contributed by atoms with van der Waals surface area (Å²) in [5.41, 5.74) is -1.53. The Balaban J connectivity index is 2.22. The number of sulfonamides is 1. The van der Waals surface area contributed by atoms with E-state index in [0.29, 0.717) is 10.8 Å². The number of halogens is 1. The topological polar surface area (TPSA) is 112 Å². The molecule has 10 heteroatoms. The molecule has 2 aromatic rings. The summed E-state index contributed by atoms with van der Waals surface area (Å²) in [6, 6.07) is 4.58. The average Bonchev–Trinajstić information content (AvgIpc) is 2.44. The van der Waals surface area contributed by atoms with Crippen molar-refractivity contribution in [3.05, 3.63) is 49.8 Å². The Labute approximate surface area is 135 Å². The Morgan fingerprint density at radius 3 is 2.70 bits per heavy atom. The Kier molecular flexibility index (Phi) is 3.69. The summed E-state index contributed by atoms with van der Waals surface area (Å²) in [5, 5.41) is 0.335. The Morgan fingerprint density at radius 1 is 1.26 bits per heavy atom. The predicted molar refractivity (Wildman–Crippen MR) is 83.9 cm³/mol. The van der Waals surface area contributed by atoms with E-state index in [1.54, 1.807) is 12.1 Å². The zero-order valence-electron chi connectivity index (χ0n) is 11.9. The molecule has 1 aromatic heterocycles. The Bertz CT molecular complexity index is 995. The zero-order chi connectivity index (χ0) is 16.8. The highest BCUT2D eigenvalue weighted by Gasteiger charge is 2.33. The van der Waals surface area contributed by atoms with Gasteiger partial charge in [0.2, 0.25) is 0 Å². The molecule has 0 aliphatic carbocycles. The van der Waals surface area contributed by atoms with Crippen molar-refractivity contribution >= 4 is 27.3 Å². The number of ether oxygens (including phenoxy) is 1. The molecule has 8 nitrogen and oxygen atoms in total. The average molecular weight is 358 g/mol. The SMILES string of the molecule is Cc1[nH]c(=O)[nH]c(=O)c1S(=O)(=O)N1CCOc2ccc(Cl)cc21. The molecule has 0 bridgehead atoms. The molecule has 1 aliphatic heterocycles. The molecule has 0 fully saturated rings. The van der Waals surface area contributed by atoms with Gasteiger partial charge in [-0.15, -0.1) is 0 Å². The molecule has 2 heterocycles. The van der Waals surface area contributed by atoms with E-state index in [2.05, 4.69) is 4.98 Å². The third-order valence-electron chi connectivity index (χ3n) is 3.36. The number of nitrogens with one attached hydrogen (secondary N) is 2. The van der Waals surface area contributed by atoms with Gasteiger partial charge >= 0.3 is 5.69 Å². The van der Waals surface area contributed by atoms with Crippen LogP contribution in [-0.4, -0.2) is 31.5 Å². The van der Waals surface area contributed by atoms with Crippen molar-refractivity contribution in [1.29, 1.82) is 0 Å². The van der Waals surface area contributed by atoms with Crippen molar-refractivity contribution in [3.8, 4) is 5.75 Å². The maximum atomic E-state index is 12.9. The van der Waals surface area contributed by atoms with E-state index in [9.17, 15) is 18.0 Å². The number of rotatable bonds is 2. The van der Waals surface area contributed by atoms with Crippen LogP contribution in [0.5, 0.6) is 5.75 Å². The number of anilines is 1. The summed E-state index contributed by atoms with van der Waals surface area (Å²) in [5.74, 6) is 0.350. The first kappa shape index (κ1) is 15.6. The van der Waals surface area contributed by atoms with Gasteiger partial charge in [0.25, 0.3) is 15.6 Å². The lowest BCUT2D eigenvalue weighted by atomic mass is 10.2. The number of hydrogen-bond acceptors (Lipinski definition) is 5. The fraction of sp³-hybridized carbons (Fsp3) is 0.231. The zero-order valence-corrected chi connectivity index (χ0v) is 13.5. The molecule has 0 spiro atoms. The van der Waals surface area contributed by atoms with Gasteiger partial charge in [-0.3, -0.25) is 14.1 Å². The van der Waals surface area contributed by atoms with Gasteiger partial charge in [-0.25, -0.2) is 13.2 Å². The van der Waals surface area contributed by atoms with Gasteiger partial charge in [-0.2, -0.15) is 0 Å². The minimum absolute atomic E-state index is 0.0215. The molecule has 0 unspecified atom stereocenters. The Morgan fingerprint density at radius 2 is 2.00 bits per heavy atom. The largest absolute Gasteiger partial charge is 0.489 e. The maximum Gasteiger partial charge on any atom is 0.325 e. The molecular formula is C13H12ClN3O5S. The molecule has 23 heavy (non-hydrogen) atoms. The predicted octanol–water partition coefficient (Wildman–Crippen LogP) is 0.613. The van der Waals surface area contributed by atoms with Gasteiger partial charge < -0.3 is 9.72 Å². The summed E-state index contributed by atoms with van der Waals surface area (Å²) in [6.45, 7) is 1.50. The number of aromatic amines is 2. The fourth-order valence-electron chi connectivity index (χ4n) is 2.43. The number of fused-ring (bicyclic) bond motifs is 1. The van der Waals surface area contributed by atoms with Gasteiger partial charge in [0.1, 0.15) is 12.4 Å². The summed E-state index contributed by atoms with van der Waals surface area (Å²) in [7, 11) is -4.19. The van der Waals surface area contributed by atoms with Crippen LogP contribution in [0.25, 0.3) is 0 Å². The second kappa shape index (κ2) is 5.43. The smallest absolute Gasteiger partial charge is 0.325 e. The van der Waals surface area contributed by atoms with Crippen molar-refractivity contribution in [2.45, 2.75) is 11.8 Å². The first-order valence-corrected chi connectivity index (χ1v) is 8.41. The van der Waals surface area contributed by atoms with Gasteiger partial charge in [-0.05, 0) is 25.1 Å². The van der Waals surface area contributed by atoms with Crippen LogP contribution in [0.2, 0.25) is 5.02 Å². The van der Waals surface area contributed by atoms with Crippen molar-refractivity contribution < 1.29 is 13.2 Å². The lowest BCUT2D eigenvalue weighted by Gasteiger charge is -2.30. The first-order chi connectivity index (χ1) is 10.8. The Hall–Kier alpha value is -2.26. The van der Waals surface area contributed by atoms with Crippen LogP contribution in [0.4, 0.5) is 5.69 Å². The maximum absolute atomic E-state index is 12.9. The van der Waals surface area contributed by atoms with E-state index in [-0.39, 0.29) is 24.5 Å². The number of benzene rings is 1. The molecule has 3 rings (SSSR count). The van der Waals surface area contributed by atoms with E-state index in [1.807, 2.05) is 4.98 Å². The van der Waals surface area contributed by atoms with E-state index in [0.717, 1.165) is 4.31 Å². The molecule has 1 aliphatic rings. The van der Waals surface area contributed by atoms with Gasteiger partial charge in [0, 0.05) is 10.7 Å². The quantitative estimate of drug-likeness (QED) is 0.817. The monoisotopic (exact) mass is 357 g/mol. The molecule has 0 radical (unpaired) electrons. The van der Waals surface area contributed by atoms with Crippen LogP contribution in [0.1, 0.15) is 5.69 Å². The summed E-state index contributed by atoms with van der Waals surface area (Å²) >= 11 is 5.93. The minimum atomic E-state index is -4.19. The van der Waals surface area contributed by atoms with Gasteiger partial charge in [-0.1, -0.05) is 11.6 Å². The summed E-state index contributed by atoms with van der Waals surface area (Å²) in [4.78, 5) is 26.9. The second-order valence-electron chi connectivity index (χ2n) is 4.90. The molecule has 0 atom stereocenters. The molecule has 2 N–H and O–H groups in total. The normalized spacial score (nSPS) is 14.3. The number of aromatic nitrogens is 2. The molecule has 122 valence electrons. The molecule has 0 saturated carbocycles. The van der Waals surface area contributed by atoms with E-state index >= 15 is 0 Å². The number of hydrogen-bond donors (Lipinski definition) is 2. The third kappa shape index (κ3) is 2.62. The molecule has 0 amide bonds. The number of nitrogens with zero attached hydrogens (tertiary/aromatic N) is 1. The van der Waals surface area contributed by atoms with E-state index in [4.69, 9.17) is 16.3 Å². The molecular weight excluding hydrogens is 346 g/mol. The minimum Gasteiger partial charge on any atom is -0.489 e. The highest BCUT2D eigenvalue weighted by Crippen LogP contribution is 2.36.